The molecule has 1 aromatic carbocycles. The van der Waals surface area contributed by atoms with Gasteiger partial charge in [-0.15, -0.1) is 0 Å². The Hall–Kier alpha value is -1.06. The third-order valence-electron chi connectivity index (χ3n) is 3.28. The summed E-state index contributed by atoms with van der Waals surface area (Å²) in [7, 11) is 0. The zero-order valence-corrected chi connectivity index (χ0v) is 11.9. The lowest BCUT2D eigenvalue weighted by Gasteiger charge is -2.21. The molecule has 0 radical (unpaired) electrons. The molecule has 0 aliphatic carbocycles. The van der Waals surface area contributed by atoms with Gasteiger partial charge in [-0.3, -0.25) is 0 Å². The zero-order valence-electron chi connectivity index (χ0n) is 11.9. The summed E-state index contributed by atoms with van der Waals surface area (Å²) in [5.41, 5.74) is 9.03. The Labute approximate surface area is 110 Å². The molecule has 1 aromatic rings. The van der Waals surface area contributed by atoms with E-state index >= 15 is 0 Å². The molecule has 3 heteroatoms. The predicted octanol–water partition coefficient (Wildman–Crippen LogP) is 2.48. The lowest BCUT2D eigenvalue weighted by Crippen LogP contribution is -2.40. The Kier molecular flexibility index (Phi) is 5.17. The maximum atomic E-state index is 9.06. The molecular formula is C15H25NO2. The second-order valence-electron chi connectivity index (χ2n) is 5.47. The van der Waals surface area contributed by atoms with Crippen molar-refractivity contribution in [2.24, 2.45) is 5.73 Å². The monoisotopic (exact) mass is 251 g/mol. The van der Waals surface area contributed by atoms with Crippen LogP contribution >= 0.6 is 0 Å². The largest absolute Gasteiger partial charge is 0.493 e. The Morgan fingerprint density at radius 2 is 1.94 bits per heavy atom. The van der Waals surface area contributed by atoms with Gasteiger partial charge in [0.1, 0.15) is 5.75 Å². The lowest BCUT2D eigenvalue weighted by molar-refractivity contribution is 0.188. The third kappa shape index (κ3) is 4.31. The summed E-state index contributed by atoms with van der Waals surface area (Å²) in [6, 6.07) is 4.22. The Bertz CT molecular complexity index is 400. The van der Waals surface area contributed by atoms with E-state index in [2.05, 4.69) is 32.9 Å². The highest BCUT2D eigenvalue weighted by atomic mass is 16.5. The second kappa shape index (κ2) is 6.21. The number of aliphatic hydroxyl groups is 1. The van der Waals surface area contributed by atoms with Crippen molar-refractivity contribution in [2.45, 2.75) is 46.1 Å². The van der Waals surface area contributed by atoms with Crippen molar-refractivity contribution in [3.05, 3.63) is 28.8 Å². The molecule has 0 bridgehead atoms. The average Bonchev–Trinajstić information content (AvgIpc) is 2.30. The van der Waals surface area contributed by atoms with Gasteiger partial charge in [-0.1, -0.05) is 6.07 Å². The summed E-state index contributed by atoms with van der Waals surface area (Å²) >= 11 is 0. The molecule has 0 saturated carbocycles. The molecule has 0 aliphatic heterocycles. The van der Waals surface area contributed by atoms with Crippen LogP contribution in [-0.2, 0) is 0 Å². The van der Waals surface area contributed by atoms with E-state index < -0.39 is 5.54 Å². The van der Waals surface area contributed by atoms with Crippen LogP contribution in [0.15, 0.2) is 12.1 Å². The van der Waals surface area contributed by atoms with Gasteiger partial charge in [0.25, 0.3) is 0 Å². The molecule has 0 aromatic heterocycles. The van der Waals surface area contributed by atoms with E-state index in [1.807, 2.05) is 6.92 Å². The van der Waals surface area contributed by atoms with Crippen LogP contribution in [0.3, 0.4) is 0 Å². The van der Waals surface area contributed by atoms with Gasteiger partial charge in [-0.05, 0) is 63.3 Å². The minimum absolute atomic E-state index is 0.00951. The summed E-state index contributed by atoms with van der Waals surface area (Å²) in [4.78, 5) is 0. The van der Waals surface area contributed by atoms with E-state index in [1.54, 1.807) is 0 Å². The highest BCUT2D eigenvalue weighted by Gasteiger charge is 2.16. The first-order chi connectivity index (χ1) is 8.35. The standard InChI is InChI=1S/C15H25NO2/c1-11-8-12(2)13(3)14(9-11)18-7-5-6-15(4,16)10-17/h8-9,17H,5-7,10,16H2,1-4H3. The quantitative estimate of drug-likeness (QED) is 0.764. The van der Waals surface area contributed by atoms with Crippen LogP contribution in [0.5, 0.6) is 5.75 Å². The molecule has 0 heterocycles. The first-order valence-corrected chi connectivity index (χ1v) is 6.46. The SMILES string of the molecule is Cc1cc(C)c(C)c(OCCCC(C)(N)CO)c1. The van der Waals surface area contributed by atoms with Gasteiger partial charge in [0.2, 0.25) is 0 Å². The van der Waals surface area contributed by atoms with Gasteiger partial charge < -0.3 is 15.6 Å². The molecule has 0 saturated heterocycles. The molecule has 0 aliphatic rings. The Morgan fingerprint density at radius 3 is 2.56 bits per heavy atom. The van der Waals surface area contributed by atoms with E-state index in [0.717, 1.165) is 18.6 Å². The third-order valence-corrected chi connectivity index (χ3v) is 3.28. The van der Waals surface area contributed by atoms with E-state index in [4.69, 9.17) is 15.6 Å². The smallest absolute Gasteiger partial charge is 0.122 e. The maximum Gasteiger partial charge on any atom is 0.122 e. The molecule has 18 heavy (non-hydrogen) atoms. The first kappa shape index (κ1) is 15.0. The summed E-state index contributed by atoms with van der Waals surface area (Å²) in [6.07, 6.45) is 1.60. The Balaban J connectivity index is 2.50. The average molecular weight is 251 g/mol. The number of rotatable bonds is 6. The number of hydrogen-bond acceptors (Lipinski definition) is 3. The molecule has 102 valence electrons. The minimum atomic E-state index is -0.499. The molecule has 3 N–H and O–H groups in total. The van der Waals surface area contributed by atoms with Crippen LogP contribution in [0.4, 0.5) is 0 Å². The zero-order chi connectivity index (χ0) is 13.8. The summed E-state index contributed by atoms with van der Waals surface area (Å²) in [5.74, 6) is 0.954. The van der Waals surface area contributed by atoms with Gasteiger partial charge in [-0.25, -0.2) is 0 Å². The summed E-state index contributed by atoms with van der Waals surface area (Å²) in [5, 5.41) is 9.06. The Morgan fingerprint density at radius 1 is 1.28 bits per heavy atom. The minimum Gasteiger partial charge on any atom is -0.493 e. The highest BCUT2D eigenvalue weighted by molar-refractivity contribution is 5.41. The number of nitrogens with two attached hydrogens (primary N) is 1. The lowest BCUT2D eigenvalue weighted by atomic mass is 9.99. The molecular weight excluding hydrogens is 226 g/mol. The van der Waals surface area contributed by atoms with Gasteiger partial charge in [-0.2, -0.15) is 0 Å². The van der Waals surface area contributed by atoms with Crippen molar-refractivity contribution < 1.29 is 9.84 Å². The fourth-order valence-electron chi connectivity index (χ4n) is 1.89. The van der Waals surface area contributed by atoms with Gasteiger partial charge in [0.15, 0.2) is 0 Å². The van der Waals surface area contributed by atoms with Crippen molar-refractivity contribution in [3.63, 3.8) is 0 Å². The molecule has 0 spiro atoms. The first-order valence-electron chi connectivity index (χ1n) is 6.46. The van der Waals surface area contributed by atoms with Gasteiger partial charge in [0, 0.05) is 5.54 Å². The normalized spacial score (nSPS) is 14.3. The van der Waals surface area contributed by atoms with Crippen molar-refractivity contribution in [3.8, 4) is 5.75 Å². The van der Waals surface area contributed by atoms with Crippen LogP contribution in [0.2, 0.25) is 0 Å². The van der Waals surface area contributed by atoms with Crippen LogP contribution < -0.4 is 10.5 Å². The van der Waals surface area contributed by atoms with Gasteiger partial charge >= 0.3 is 0 Å². The number of ether oxygens (including phenoxy) is 1. The van der Waals surface area contributed by atoms with Crippen molar-refractivity contribution in [1.29, 1.82) is 0 Å². The fourth-order valence-corrected chi connectivity index (χ4v) is 1.89. The molecule has 1 atom stereocenters. The molecule has 1 unspecified atom stereocenters. The van der Waals surface area contributed by atoms with Gasteiger partial charge in [0.05, 0.1) is 13.2 Å². The van der Waals surface area contributed by atoms with Crippen molar-refractivity contribution >= 4 is 0 Å². The fraction of sp³-hybridized carbons (Fsp3) is 0.600. The topological polar surface area (TPSA) is 55.5 Å². The van der Waals surface area contributed by atoms with E-state index in [9.17, 15) is 0 Å². The van der Waals surface area contributed by atoms with E-state index in [-0.39, 0.29) is 6.61 Å². The highest BCUT2D eigenvalue weighted by Crippen LogP contribution is 2.23. The summed E-state index contributed by atoms with van der Waals surface area (Å²) in [6.45, 7) is 8.74. The van der Waals surface area contributed by atoms with E-state index in [0.29, 0.717) is 6.61 Å². The van der Waals surface area contributed by atoms with E-state index in [1.165, 1.54) is 16.7 Å². The molecule has 3 nitrogen and oxygen atoms in total. The van der Waals surface area contributed by atoms with Crippen molar-refractivity contribution in [1.82, 2.24) is 0 Å². The van der Waals surface area contributed by atoms with Crippen molar-refractivity contribution in [2.75, 3.05) is 13.2 Å². The number of benzene rings is 1. The maximum absolute atomic E-state index is 9.06. The second-order valence-corrected chi connectivity index (χ2v) is 5.47. The van der Waals surface area contributed by atoms with Crippen LogP contribution in [0.1, 0.15) is 36.5 Å². The number of hydrogen-bond donors (Lipinski definition) is 2. The van der Waals surface area contributed by atoms with Crippen LogP contribution in [-0.4, -0.2) is 23.9 Å². The number of aryl methyl sites for hydroxylation is 2. The molecule has 1 rings (SSSR count). The predicted molar refractivity (Wildman–Crippen MR) is 75.1 cm³/mol. The molecule has 0 amide bonds. The molecule has 0 fully saturated rings. The van der Waals surface area contributed by atoms with Crippen LogP contribution in [0.25, 0.3) is 0 Å². The number of aliphatic hydroxyl groups excluding tert-OH is 1. The summed E-state index contributed by atoms with van der Waals surface area (Å²) < 4.78 is 5.80. The van der Waals surface area contributed by atoms with Crippen LogP contribution in [0, 0.1) is 20.8 Å².